The van der Waals surface area contributed by atoms with Crippen LogP contribution in [0, 0.1) is 5.82 Å². The number of para-hydroxylation sites is 2. The minimum absolute atomic E-state index is 0.0686. The average Bonchev–Trinajstić information content (AvgIpc) is 3.37. The summed E-state index contributed by atoms with van der Waals surface area (Å²) in [6, 6.07) is 21.5. The molecule has 3 aromatic carbocycles. The summed E-state index contributed by atoms with van der Waals surface area (Å²) in [5.74, 6) is -0.0593. The van der Waals surface area contributed by atoms with Crippen molar-refractivity contribution < 1.29 is 23.5 Å². The van der Waals surface area contributed by atoms with Crippen LogP contribution in [-0.4, -0.2) is 67.1 Å². The summed E-state index contributed by atoms with van der Waals surface area (Å²) in [5, 5.41) is 1.12. The van der Waals surface area contributed by atoms with E-state index in [-0.39, 0.29) is 37.1 Å². The first-order valence-corrected chi connectivity index (χ1v) is 12.9. The van der Waals surface area contributed by atoms with E-state index in [2.05, 4.69) is 11.1 Å². The Hall–Kier alpha value is -4.17. The highest BCUT2D eigenvalue weighted by Crippen LogP contribution is 2.22. The first kappa shape index (κ1) is 27.9. The van der Waals surface area contributed by atoms with Gasteiger partial charge in [0.1, 0.15) is 11.6 Å². The molecule has 0 aliphatic rings. The zero-order valence-electron chi connectivity index (χ0n) is 22.4. The molecule has 0 bridgehead atoms. The number of hydrogen-bond acceptors (Lipinski definition) is 4. The number of hydrogen-bond donors (Lipinski definition) is 1. The molecule has 1 N–H and O–H groups in total. The van der Waals surface area contributed by atoms with Crippen molar-refractivity contribution in [3.05, 3.63) is 102 Å². The molecule has 7 nitrogen and oxygen atoms in total. The van der Waals surface area contributed by atoms with Gasteiger partial charge in [-0.1, -0.05) is 48.5 Å². The number of halogens is 1. The van der Waals surface area contributed by atoms with Crippen molar-refractivity contribution in [1.29, 1.82) is 0 Å². The number of carbonyl (C=O) groups excluding carboxylic acids is 2. The van der Waals surface area contributed by atoms with Gasteiger partial charge in [0, 0.05) is 49.4 Å². The van der Waals surface area contributed by atoms with Crippen LogP contribution in [0.25, 0.3) is 10.9 Å². The van der Waals surface area contributed by atoms with Crippen LogP contribution in [0.4, 0.5) is 4.39 Å². The number of amides is 2. The van der Waals surface area contributed by atoms with E-state index in [1.54, 1.807) is 31.3 Å². The van der Waals surface area contributed by atoms with Crippen molar-refractivity contribution in [2.45, 2.75) is 19.4 Å². The van der Waals surface area contributed by atoms with Crippen LogP contribution in [0.2, 0.25) is 0 Å². The SMILES string of the molecule is COCCN(CC(=O)N(CCc1c[nH]c2ccccc12)Cc1ccccc1OC)C(=O)Cc1ccc(F)cc1. The topological polar surface area (TPSA) is 74.9 Å². The number of carbonyl (C=O) groups is 2. The molecule has 0 atom stereocenters. The van der Waals surface area contributed by atoms with Gasteiger partial charge in [-0.15, -0.1) is 0 Å². The normalized spacial score (nSPS) is 10.9. The minimum atomic E-state index is -0.361. The quantitative estimate of drug-likeness (QED) is 0.274. The van der Waals surface area contributed by atoms with E-state index >= 15 is 0 Å². The fourth-order valence-corrected chi connectivity index (χ4v) is 4.57. The lowest BCUT2D eigenvalue weighted by atomic mass is 10.1. The number of ether oxygens (including phenoxy) is 2. The van der Waals surface area contributed by atoms with E-state index in [9.17, 15) is 14.0 Å². The molecule has 4 rings (SSSR count). The highest BCUT2D eigenvalue weighted by Gasteiger charge is 2.23. The first-order chi connectivity index (χ1) is 19.0. The molecule has 0 radical (unpaired) electrons. The first-order valence-electron chi connectivity index (χ1n) is 12.9. The number of nitrogens with zero attached hydrogens (tertiary/aromatic N) is 2. The maximum absolute atomic E-state index is 13.7. The van der Waals surface area contributed by atoms with E-state index in [1.165, 1.54) is 17.0 Å². The largest absolute Gasteiger partial charge is 0.496 e. The standard InChI is InChI=1S/C31H34FN3O4/c1-38-18-17-35(30(36)19-23-11-13-26(32)14-12-23)22-31(37)34(21-25-7-3-6-10-29(25)39-2)16-15-24-20-33-28-9-5-4-8-27(24)28/h3-14,20,33H,15-19,21-22H2,1-2H3. The van der Waals surface area contributed by atoms with E-state index in [0.717, 1.165) is 22.0 Å². The molecular weight excluding hydrogens is 497 g/mol. The Balaban J connectivity index is 1.53. The fourth-order valence-electron chi connectivity index (χ4n) is 4.57. The van der Waals surface area contributed by atoms with Crippen molar-refractivity contribution in [3.8, 4) is 5.75 Å². The van der Waals surface area contributed by atoms with Gasteiger partial charge in [-0.05, 0) is 41.8 Å². The second-order valence-electron chi connectivity index (χ2n) is 9.35. The lowest BCUT2D eigenvalue weighted by molar-refractivity contribution is -0.141. The molecule has 4 aromatic rings. The van der Waals surface area contributed by atoms with Gasteiger partial charge in [0.05, 0.1) is 26.7 Å². The van der Waals surface area contributed by atoms with Gasteiger partial charge in [0.25, 0.3) is 0 Å². The van der Waals surface area contributed by atoms with E-state index in [0.29, 0.717) is 37.4 Å². The number of fused-ring (bicyclic) bond motifs is 1. The van der Waals surface area contributed by atoms with E-state index < -0.39 is 0 Å². The maximum Gasteiger partial charge on any atom is 0.242 e. The molecular formula is C31H34FN3O4. The molecule has 0 saturated carbocycles. The highest BCUT2D eigenvalue weighted by atomic mass is 19.1. The number of benzene rings is 3. The van der Waals surface area contributed by atoms with Crippen LogP contribution in [0.1, 0.15) is 16.7 Å². The molecule has 0 unspecified atom stereocenters. The van der Waals surface area contributed by atoms with Crippen molar-refractivity contribution in [2.75, 3.05) is 40.5 Å². The predicted octanol–water partition coefficient (Wildman–Crippen LogP) is 4.60. The number of aromatic nitrogens is 1. The molecule has 2 amide bonds. The number of aromatic amines is 1. The van der Waals surface area contributed by atoms with Gasteiger partial charge in [-0.3, -0.25) is 9.59 Å². The summed E-state index contributed by atoms with van der Waals surface area (Å²) in [5.41, 5.74) is 3.73. The third kappa shape index (κ3) is 7.45. The van der Waals surface area contributed by atoms with E-state index in [4.69, 9.17) is 9.47 Å². The summed E-state index contributed by atoms with van der Waals surface area (Å²) in [6.07, 6.45) is 2.69. The number of H-pyrrole nitrogens is 1. The van der Waals surface area contributed by atoms with Crippen LogP contribution in [0.5, 0.6) is 5.75 Å². The van der Waals surface area contributed by atoms with Gasteiger partial charge >= 0.3 is 0 Å². The lowest BCUT2D eigenvalue weighted by Gasteiger charge is -2.28. The summed E-state index contributed by atoms with van der Waals surface area (Å²) in [7, 11) is 3.16. The smallest absolute Gasteiger partial charge is 0.242 e. The van der Waals surface area contributed by atoms with Crippen molar-refractivity contribution >= 4 is 22.7 Å². The highest BCUT2D eigenvalue weighted by molar-refractivity contribution is 5.86. The minimum Gasteiger partial charge on any atom is -0.496 e. The Morgan fingerprint density at radius 1 is 0.846 bits per heavy atom. The van der Waals surface area contributed by atoms with E-state index in [1.807, 2.05) is 48.7 Å². The Bertz CT molecular complexity index is 1390. The second kappa shape index (κ2) is 13.6. The van der Waals surface area contributed by atoms with Gasteiger partial charge in [-0.2, -0.15) is 0 Å². The molecule has 0 saturated heterocycles. The summed E-state index contributed by atoms with van der Waals surface area (Å²) < 4.78 is 24.1. The Morgan fingerprint density at radius 3 is 2.36 bits per heavy atom. The van der Waals surface area contributed by atoms with Gasteiger partial charge in [0.15, 0.2) is 0 Å². The molecule has 1 aromatic heterocycles. The number of nitrogens with one attached hydrogen (secondary N) is 1. The molecule has 8 heteroatoms. The molecule has 0 fully saturated rings. The van der Waals surface area contributed by atoms with Crippen LogP contribution >= 0.6 is 0 Å². The zero-order chi connectivity index (χ0) is 27.6. The van der Waals surface area contributed by atoms with Crippen LogP contribution in [0.15, 0.2) is 79.0 Å². The Morgan fingerprint density at radius 2 is 1.59 bits per heavy atom. The van der Waals surface area contributed by atoms with Crippen LogP contribution in [0.3, 0.4) is 0 Å². The number of rotatable bonds is 13. The molecule has 0 aliphatic heterocycles. The Labute approximate surface area is 228 Å². The maximum atomic E-state index is 13.7. The van der Waals surface area contributed by atoms with Gasteiger partial charge in [0.2, 0.25) is 11.8 Å². The monoisotopic (exact) mass is 531 g/mol. The fraction of sp³-hybridized carbons (Fsp3) is 0.290. The molecule has 1 heterocycles. The van der Waals surface area contributed by atoms with Crippen molar-refractivity contribution in [2.24, 2.45) is 0 Å². The van der Waals surface area contributed by atoms with Gasteiger partial charge in [-0.25, -0.2) is 4.39 Å². The Kier molecular flexibility index (Phi) is 9.69. The van der Waals surface area contributed by atoms with Crippen LogP contribution < -0.4 is 4.74 Å². The van der Waals surface area contributed by atoms with Crippen molar-refractivity contribution in [3.63, 3.8) is 0 Å². The lowest BCUT2D eigenvalue weighted by Crippen LogP contribution is -2.45. The second-order valence-corrected chi connectivity index (χ2v) is 9.35. The molecule has 0 spiro atoms. The third-order valence-electron chi connectivity index (χ3n) is 6.75. The number of methoxy groups -OCH3 is 2. The summed E-state index contributed by atoms with van der Waals surface area (Å²) >= 11 is 0. The molecule has 0 aliphatic carbocycles. The van der Waals surface area contributed by atoms with Crippen LogP contribution in [-0.2, 0) is 33.7 Å². The summed E-state index contributed by atoms with van der Waals surface area (Å²) in [4.78, 5) is 33.5. The van der Waals surface area contributed by atoms with Crippen molar-refractivity contribution in [1.82, 2.24) is 14.8 Å². The predicted molar refractivity (Wildman–Crippen MR) is 149 cm³/mol. The van der Waals surface area contributed by atoms with Gasteiger partial charge < -0.3 is 24.3 Å². The zero-order valence-corrected chi connectivity index (χ0v) is 22.4. The molecule has 39 heavy (non-hydrogen) atoms. The molecule has 204 valence electrons. The average molecular weight is 532 g/mol. The third-order valence-corrected chi connectivity index (χ3v) is 6.75. The summed E-state index contributed by atoms with van der Waals surface area (Å²) in [6.45, 7) is 1.28.